The van der Waals surface area contributed by atoms with Gasteiger partial charge in [-0.15, -0.1) is 0 Å². The molecular formula is C28H39NO6. The molecule has 7 heteroatoms. The first-order chi connectivity index (χ1) is 17.1. The summed E-state index contributed by atoms with van der Waals surface area (Å²) in [6.45, 7) is 1.36. The second-order valence-corrected chi connectivity index (χ2v) is 9.74. The molecular weight excluding hydrogens is 446 g/mol. The van der Waals surface area contributed by atoms with E-state index in [1.54, 1.807) is 19.1 Å². The Morgan fingerprint density at radius 2 is 1.46 bits per heavy atom. The van der Waals surface area contributed by atoms with Gasteiger partial charge < -0.3 is 23.8 Å². The molecule has 1 aromatic rings. The zero-order chi connectivity index (χ0) is 24.6. The number of hydrogen-bond donors (Lipinski definition) is 0. The summed E-state index contributed by atoms with van der Waals surface area (Å²) in [4.78, 5) is 29.1. The number of carbonyl (C=O) groups is 2. The first-order valence-corrected chi connectivity index (χ1v) is 13.1. The van der Waals surface area contributed by atoms with Gasteiger partial charge in [0.15, 0.2) is 11.5 Å². The molecule has 2 fully saturated rings. The van der Waals surface area contributed by atoms with E-state index in [4.69, 9.17) is 18.9 Å². The van der Waals surface area contributed by atoms with Crippen LogP contribution in [0, 0.1) is 5.92 Å². The van der Waals surface area contributed by atoms with Crippen molar-refractivity contribution in [1.82, 2.24) is 4.90 Å². The third-order valence-electron chi connectivity index (χ3n) is 7.51. The highest BCUT2D eigenvalue weighted by atomic mass is 16.5. The number of methoxy groups -OCH3 is 2. The number of nitrogens with zero attached hydrogens (tertiary/aromatic N) is 1. The van der Waals surface area contributed by atoms with Crippen molar-refractivity contribution in [2.75, 3.05) is 34.0 Å². The van der Waals surface area contributed by atoms with Crippen molar-refractivity contribution >= 4 is 11.9 Å². The molecule has 0 spiro atoms. The van der Waals surface area contributed by atoms with E-state index >= 15 is 0 Å². The molecule has 1 aromatic carbocycles. The molecule has 1 aliphatic carbocycles. The minimum Gasteiger partial charge on any atom is -0.493 e. The maximum Gasteiger partial charge on any atom is 0.328 e. The summed E-state index contributed by atoms with van der Waals surface area (Å²) in [5.41, 5.74) is 0.866. The van der Waals surface area contributed by atoms with Gasteiger partial charge in [-0.25, -0.2) is 4.79 Å². The molecule has 0 radical (unpaired) electrons. The van der Waals surface area contributed by atoms with Gasteiger partial charge in [-0.3, -0.25) is 4.79 Å². The number of amides is 1. The molecule has 0 aromatic heterocycles. The van der Waals surface area contributed by atoms with Gasteiger partial charge in [-0.2, -0.15) is 0 Å². The molecule has 192 valence electrons. The SMILES string of the molecule is COc1cc2cc(OC)c1OCC/C=C/CCOC(=O)[C@@H]1CCCCN1C(=O)[C@H]2C1CCCCC1. The number of benzene rings is 1. The minimum absolute atomic E-state index is 0.0144. The van der Waals surface area contributed by atoms with E-state index in [1.165, 1.54) is 6.42 Å². The number of piperidine rings is 1. The number of fused-ring (bicyclic) bond motifs is 10. The third-order valence-corrected chi connectivity index (χ3v) is 7.51. The number of rotatable bonds is 3. The van der Waals surface area contributed by atoms with E-state index in [9.17, 15) is 9.59 Å². The van der Waals surface area contributed by atoms with Crippen molar-refractivity contribution in [3.63, 3.8) is 0 Å². The predicted octanol–water partition coefficient (Wildman–Crippen LogP) is 5.02. The lowest BCUT2D eigenvalue weighted by Gasteiger charge is -2.39. The fourth-order valence-electron chi connectivity index (χ4n) is 5.71. The standard InChI is InChI=1S/C28H39NO6/c1-32-23-18-21-19-24(33-2)26(23)34-16-10-3-4-11-17-35-28(31)22-14-8-9-15-29(22)27(30)25(21)20-12-6-5-7-13-20/h3-4,18-20,22,25H,5-17H2,1-2H3/b4-3+/t22-,25-/m0/s1. The van der Waals surface area contributed by atoms with Gasteiger partial charge in [0.2, 0.25) is 11.7 Å². The van der Waals surface area contributed by atoms with Crippen LogP contribution < -0.4 is 14.2 Å². The van der Waals surface area contributed by atoms with Crippen molar-refractivity contribution < 1.29 is 28.5 Å². The summed E-state index contributed by atoms with van der Waals surface area (Å²) < 4.78 is 23.1. The average Bonchev–Trinajstić information content (AvgIpc) is 2.90. The lowest BCUT2D eigenvalue weighted by molar-refractivity contribution is -0.158. The van der Waals surface area contributed by atoms with Crippen LogP contribution in [0.2, 0.25) is 0 Å². The van der Waals surface area contributed by atoms with Crippen LogP contribution in [0.5, 0.6) is 17.2 Å². The molecule has 2 bridgehead atoms. The lowest BCUT2D eigenvalue weighted by Crippen LogP contribution is -2.51. The summed E-state index contributed by atoms with van der Waals surface area (Å²) in [5, 5.41) is 0. The summed E-state index contributed by atoms with van der Waals surface area (Å²) in [7, 11) is 3.23. The predicted molar refractivity (Wildman–Crippen MR) is 133 cm³/mol. The Labute approximate surface area is 208 Å². The second-order valence-electron chi connectivity index (χ2n) is 9.74. The van der Waals surface area contributed by atoms with E-state index in [0.717, 1.165) is 44.1 Å². The summed E-state index contributed by atoms with van der Waals surface area (Å²) in [6.07, 6.45) is 13.2. The summed E-state index contributed by atoms with van der Waals surface area (Å²) in [6, 6.07) is 3.34. The number of esters is 1. The fraction of sp³-hybridized carbons (Fsp3) is 0.643. The van der Waals surface area contributed by atoms with Crippen molar-refractivity contribution in [2.24, 2.45) is 5.92 Å². The molecule has 3 aliphatic heterocycles. The van der Waals surface area contributed by atoms with Crippen molar-refractivity contribution in [2.45, 2.75) is 76.2 Å². The highest BCUT2D eigenvalue weighted by molar-refractivity contribution is 5.89. The van der Waals surface area contributed by atoms with Gasteiger partial charge in [0.25, 0.3) is 0 Å². The minimum atomic E-state index is -0.520. The van der Waals surface area contributed by atoms with Crippen LogP contribution in [0.3, 0.4) is 0 Å². The number of carbonyl (C=O) groups excluding carboxylic acids is 2. The van der Waals surface area contributed by atoms with Crippen LogP contribution in [0.4, 0.5) is 0 Å². The zero-order valence-electron chi connectivity index (χ0n) is 21.1. The first-order valence-electron chi connectivity index (χ1n) is 13.1. The highest BCUT2D eigenvalue weighted by Gasteiger charge is 2.40. The Kier molecular flexibility index (Phi) is 8.94. The van der Waals surface area contributed by atoms with Crippen LogP contribution in [-0.4, -0.2) is 56.8 Å². The van der Waals surface area contributed by atoms with Gasteiger partial charge in [0, 0.05) is 6.54 Å². The van der Waals surface area contributed by atoms with E-state index in [0.29, 0.717) is 56.3 Å². The van der Waals surface area contributed by atoms with Crippen LogP contribution in [0.15, 0.2) is 24.3 Å². The topological polar surface area (TPSA) is 74.3 Å². The molecule has 3 heterocycles. The molecule has 1 saturated heterocycles. The van der Waals surface area contributed by atoms with E-state index in [-0.39, 0.29) is 23.7 Å². The monoisotopic (exact) mass is 485 g/mol. The summed E-state index contributed by atoms with van der Waals surface area (Å²) in [5.74, 6) is 1.26. The Hall–Kier alpha value is -2.70. The Morgan fingerprint density at radius 3 is 2.11 bits per heavy atom. The molecule has 1 amide bonds. The van der Waals surface area contributed by atoms with Crippen LogP contribution in [-0.2, 0) is 14.3 Å². The molecule has 7 nitrogen and oxygen atoms in total. The van der Waals surface area contributed by atoms with Gasteiger partial charge in [-0.05, 0) is 68.6 Å². The Morgan fingerprint density at radius 1 is 0.829 bits per heavy atom. The average molecular weight is 486 g/mol. The van der Waals surface area contributed by atoms with Crippen LogP contribution in [0.25, 0.3) is 0 Å². The van der Waals surface area contributed by atoms with Crippen molar-refractivity contribution in [1.29, 1.82) is 0 Å². The zero-order valence-corrected chi connectivity index (χ0v) is 21.1. The van der Waals surface area contributed by atoms with Gasteiger partial charge in [-0.1, -0.05) is 31.4 Å². The van der Waals surface area contributed by atoms with E-state index in [2.05, 4.69) is 0 Å². The smallest absolute Gasteiger partial charge is 0.328 e. The quantitative estimate of drug-likeness (QED) is 0.442. The second kappa shape index (κ2) is 12.3. The molecule has 4 aliphatic rings. The van der Waals surface area contributed by atoms with E-state index in [1.807, 2.05) is 24.3 Å². The number of ether oxygens (including phenoxy) is 4. The molecule has 35 heavy (non-hydrogen) atoms. The number of hydrogen-bond acceptors (Lipinski definition) is 6. The van der Waals surface area contributed by atoms with Gasteiger partial charge >= 0.3 is 5.97 Å². The molecule has 0 unspecified atom stereocenters. The van der Waals surface area contributed by atoms with Crippen LogP contribution >= 0.6 is 0 Å². The molecule has 1 saturated carbocycles. The van der Waals surface area contributed by atoms with Crippen molar-refractivity contribution in [3.05, 3.63) is 29.8 Å². The Bertz CT molecular complexity index is 882. The Balaban J connectivity index is 1.78. The van der Waals surface area contributed by atoms with Crippen LogP contribution in [0.1, 0.15) is 75.7 Å². The maximum absolute atomic E-state index is 14.3. The largest absolute Gasteiger partial charge is 0.493 e. The van der Waals surface area contributed by atoms with E-state index < -0.39 is 6.04 Å². The summed E-state index contributed by atoms with van der Waals surface area (Å²) >= 11 is 0. The lowest BCUT2D eigenvalue weighted by atomic mass is 9.75. The third kappa shape index (κ3) is 5.93. The maximum atomic E-state index is 14.3. The fourth-order valence-corrected chi connectivity index (χ4v) is 5.71. The molecule has 5 rings (SSSR count). The van der Waals surface area contributed by atoms with Gasteiger partial charge in [0.05, 0.1) is 33.4 Å². The molecule has 0 N–H and O–H groups in total. The first kappa shape index (κ1) is 25.4. The molecule has 2 atom stereocenters. The highest BCUT2D eigenvalue weighted by Crippen LogP contribution is 2.45. The van der Waals surface area contributed by atoms with Crippen molar-refractivity contribution in [3.8, 4) is 17.2 Å². The normalized spacial score (nSPS) is 25.7. The van der Waals surface area contributed by atoms with Gasteiger partial charge in [0.1, 0.15) is 6.04 Å².